The van der Waals surface area contributed by atoms with E-state index in [-0.39, 0.29) is 44.0 Å². The second kappa shape index (κ2) is 23.9. The quantitative estimate of drug-likeness (QED) is 0.0808. The van der Waals surface area contributed by atoms with Crippen LogP contribution in [0.3, 0.4) is 0 Å². The van der Waals surface area contributed by atoms with E-state index in [4.69, 9.17) is 9.47 Å². The Hall–Kier alpha value is -5.38. The molecule has 3 amide bonds. The van der Waals surface area contributed by atoms with E-state index in [1.807, 2.05) is 0 Å². The van der Waals surface area contributed by atoms with Crippen molar-refractivity contribution in [1.82, 2.24) is 21.1 Å². The lowest BCUT2D eigenvalue weighted by atomic mass is 9.84. The van der Waals surface area contributed by atoms with Crippen LogP contribution < -0.4 is 16.1 Å². The minimum absolute atomic E-state index is 0.0351. The van der Waals surface area contributed by atoms with Crippen LogP contribution in [0.4, 0.5) is 0 Å². The fourth-order valence-corrected chi connectivity index (χ4v) is 6.58. The lowest BCUT2D eigenvalue weighted by Crippen LogP contribution is -2.61. The molecule has 1 saturated heterocycles. The number of ether oxygens (including phenoxy) is 2. The number of carbonyl (C=O) groups excluding carboxylic acids is 6. The molecular formula is C44H60N4O11. The summed E-state index contributed by atoms with van der Waals surface area (Å²) in [5.74, 6) is -6.11. The fourth-order valence-electron chi connectivity index (χ4n) is 6.58. The van der Waals surface area contributed by atoms with Gasteiger partial charge < -0.3 is 40.2 Å². The van der Waals surface area contributed by atoms with Gasteiger partial charge in [0, 0.05) is 31.4 Å². The summed E-state index contributed by atoms with van der Waals surface area (Å²) in [6.07, 6.45) is 15.9. The number of hydrazine groups is 1. The molecule has 3 rings (SSSR count). The molecule has 15 nitrogen and oxygen atoms in total. The molecule has 1 aliphatic carbocycles. The summed E-state index contributed by atoms with van der Waals surface area (Å²) in [5.41, 5.74) is 4.07. The summed E-state index contributed by atoms with van der Waals surface area (Å²) in [5, 5.41) is 39.4. The zero-order valence-corrected chi connectivity index (χ0v) is 34.5. The maximum Gasteiger partial charge on any atom is 0.331 e. The van der Waals surface area contributed by atoms with E-state index in [2.05, 4.69) is 22.6 Å². The number of ketones is 1. The first-order valence-corrected chi connectivity index (χ1v) is 20.0. The van der Waals surface area contributed by atoms with Gasteiger partial charge in [0.2, 0.25) is 11.8 Å². The third-order valence-corrected chi connectivity index (χ3v) is 10.1. The first-order valence-electron chi connectivity index (χ1n) is 20.0. The first kappa shape index (κ1) is 48.0. The maximum atomic E-state index is 14.3. The van der Waals surface area contributed by atoms with Gasteiger partial charge in [0.25, 0.3) is 5.91 Å². The molecule has 2 bridgehead atoms. The Labute approximate surface area is 346 Å². The van der Waals surface area contributed by atoms with Crippen molar-refractivity contribution < 1.29 is 53.6 Å². The number of nitrogens with one attached hydrogen (secondary N) is 3. The second-order valence-corrected chi connectivity index (χ2v) is 15.3. The van der Waals surface area contributed by atoms with Crippen LogP contribution in [-0.4, -0.2) is 105 Å². The Balaban J connectivity index is 2.08. The van der Waals surface area contributed by atoms with Gasteiger partial charge in [-0.2, -0.15) is 0 Å². The Morgan fingerprint density at radius 2 is 1.83 bits per heavy atom. The number of cyclic esters (lactones) is 1. The monoisotopic (exact) mass is 820 g/mol. The number of fused-ring (bicyclic) bond motifs is 2. The normalized spacial score (nSPS) is 28.9. The van der Waals surface area contributed by atoms with Gasteiger partial charge in [-0.05, 0) is 74.8 Å². The van der Waals surface area contributed by atoms with Crippen molar-refractivity contribution >= 4 is 35.4 Å². The van der Waals surface area contributed by atoms with Crippen LogP contribution >= 0.6 is 0 Å². The van der Waals surface area contributed by atoms with Crippen molar-refractivity contribution in [2.24, 2.45) is 17.8 Å². The van der Waals surface area contributed by atoms with Crippen molar-refractivity contribution in [3.05, 3.63) is 96.4 Å². The van der Waals surface area contributed by atoms with Gasteiger partial charge in [0.1, 0.15) is 42.4 Å². The summed E-state index contributed by atoms with van der Waals surface area (Å²) < 4.78 is 11.0. The summed E-state index contributed by atoms with van der Waals surface area (Å²) in [4.78, 5) is 79.9. The molecule has 0 aromatic carbocycles. The molecule has 0 aromatic rings. The van der Waals surface area contributed by atoms with E-state index >= 15 is 0 Å². The van der Waals surface area contributed by atoms with E-state index in [9.17, 15) is 44.1 Å². The van der Waals surface area contributed by atoms with Crippen LogP contribution in [0.5, 0.6) is 0 Å². The summed E-state index contributed by atoms with van der Waals surface area (Å²) in [7, 11) is 0. The van der Waals surface area contributed by atoms with Gasteiger partial charge in [-0.25, -0.2) is 10.2 Å². The lowest BCUT2D eigenvalue weighted by Gasteiger charge is -2.35. The Morgan fingerprint density at radius 1 is 1.08 bits per heavy atom. The SMILES string of the molecule is C=CCOC(=O)C=CC=C(C)C1CC=CC=CC(O)C(C)C(O)C(CCC(C)=O)C(=O)NC(C(C)C)C(=O)NC(C=C2C=C(O)C=CC2)C(=O)N2CCCC(N2)C(=O)O1. The molecule has 8 unspecified atom stereocenters. The number of allylic oxidation sites excluding steroid dienone is 8. The number of hydrogen-bond donors (Lipinski definition) is 6. The van der Waals surface area contributed by atoms with Crippen molar-refractivity contribution in [3.8, 4) is 0 Å². The second-order valence-electron chi connectivity index (χ2n) is 15.3. The number of aliphatic hydroxyl groups is 3. The maximum absolute atomic E-state index is 14.3. The molecule has 59 heavy (non-hydrogen) atoms. The molecule has 3 aliphatic rings. The van der Waals surface area contributed by atoms with Crippen molar-refractivity contribution in [2.75, 3.05) is 13.2 Å². The molecule has 1 fully saturated rings. The van der Waals surface area contributed by atoms with Gasteiger partial charge in [-0.15, -0.1) is 0 Å². The van der Waals surface area contributed by atoms with Gasteiger partial charge >= 0.3 is 11.9 Å². The summed E-state index contributed by atoms with van der Waals surface area (Å²) in [6, 6.07) is -3.46. The number of rotatable bonds is 10. The van der Waals surface area contributed by atoms with Crippen molar-refractivity contribution in [2.45, 2.75) is 110 Å². The zero-order chi connectivity index (χ0) is 43.6. The number of amides is 3. The highest BCUT2D eigenvalue weighted by Crippen LogP contribution is 2.24. The molecule has 2 heterocycles. The number of nitrogens with zero attached hydrogens (tertiary/aromatic N) is 1. The average molecular weight is 821 g/mol. The number of aliphatic hydroxyl groups excluding tert-OH is 3. The minimum Gasteiger partial charge on any atom is -0.508 e. The molecule has 15 heteroatoms. The Morgan fingerprint density at radius 3 is 2.51 bits per heavy atom. The average Bonchev–Trinajstić information content (AvgIpc) is 3.19. The molecule has 0 radical (unpaired) electrons. The van der Waals surface area contributed by atoms with Crippen LogP contribution in [-0.2, 0) is 38.2 Å². The van der Waals surface area contributed by atoms with Gasteiger partial charge in [-0.3, -0.25) is 24.2 Å². The van der Waals surface area contributed by atoms with E-state index in [1.54, 1.807) is 58.1 Å². The molecule has 2 aliphatic heterocycles. The summed E-state index contributed by atoms with van der Waals surface area (Å²) >= 11 is 0. The summed E-state index contributed by atoms with van der Waals surface area (Å²) in [6.45, 7) is 11.8. The zero-order valence-electron chi connectivity index (χ0n) is 34.5. The van der Waals surface area contributed by atoms with Gasteiger partial charge in [0.15, 0.2) is 0 Å². The van der Waals surface area contributed by atoms with Crippen LogP contribution in [0.2, 0.25) is 0 Å². The highest BCUT2D eigenvalue weighted by molar-refractivity contribution is 5.94. The molecule has 322 valence electrons. The number of esters is 2. The molecule has 0 spiro atoms. The molecule has 6 N–H and O–H groups in total. The minimum atomic E-state index is -1.43. The van der Waals surface area contributed by atoms with E-state index in [1.165, 1.54) is 54.5 Å². The smallest absolute Gasteiger partial charge is 0.331 e. The number of Topliss-reactive ketones (excluding diaryl/α,β-unsaturated/α-hetero) is 1. The number of hydrogen-bond acceptors (Lipinski definition) is 12. The highest BCUT2D eigenvalue weighted by atomic mass is 16.5. The molecular weight excluding hydrogens is 761 g/mol. The largest absolute Gasteiger partial charge is 0.508 e. The topological polar surface area (TPSA) is 221 Å². The third-order valence-electron chi connectivity index (χ3n) is 10.1. The molecule has 8 atom stereocenters. The van der Waals surface area contributed by atoms with Crippen LogP contribution in [0, 0.1) is 17.8 Å². The number of carbonyl (C=O) groups is 6. The van der Waals surface area contributed by atoms with Crippen LogP contribution in [0.25, 0.3) is 0 Å². The van der Waals surface area contributed by atoms with E-state index < -0.39 is 83.9 Å². The predicted molar refractivity (Wildman–Crippen MR) is 221 cm³/mol. The van der Waals surface area contributed by atoms with E-state index in [0.29, 0.717) is 30.4 Å². The Bertz CT molecular complexity index is 1760. The van der Waals surface area contributed by atoms with E-state index in [0.717, 1.165) is 0 Å². The Kier molecular flexibility index (Phi) is 19.4. The van der Waals surface area contributed by atoms with Crippen LogP contribution in [0.1, 0.15) is 73.1 Å². The highest BCUT2D eigenvalue weighted by Gasteiger charge is 2.38. The molecule has 0 saturated carbocycles. The van der Waals surface area contributed by atoms with Crippen molar-refractivity contribution in [1.29, 1.82) is 0 Å². The lowest BCUT2D eigenvalue weighted by molar-refractivity contribution is -0.155. The van der Waals surface area contributed by atoms with Gasteiger partial charge in [0.05, 0.1) is 18.1 Å². The standard InChI is InChI=1S/C44H60N4O11/c1-7-24-58-38(52)20-11-14-28(4)37-19-10-8-9-18-36(51)30(6)40(53)33(22-21-29(5)49)41(54)46-39(27(2)3)42(55)45-35(26-31-15-12-16-32(50)25-31)43(56)48-23-13-17-34(47-48)44(57)59-37/h7-12,14,16,18,20,25-27,30,33-37,39-40,47,50-51,53H,1,13,15,17,19,21-24H2,2-6H3,(H,45,55)(H,46,54). The van der Waals surface area contributed by atoms with Crippen LogP contribution in [0.15, 0.2) is 96.4 Å². The first-order chi connectivity index (χ1) is 28.0. The van der Waals surface area contributed by atoms with Gasteiger partial charge in [-0.1, -0.05) is 76.0 Å². The third kappa shape index (κ3) is 15.4. The fraction of sp³-hybridized carbons (Fsp3) is 0.500. The molecule has 0 aromatic heterocycles. The van der Waals surface area contributed by atoms with Crippen molar-refractivity contribution in [3.63, 3.8) is 0 Å². The predicted octanol–water partition coefficient (Wildman–Crippen LogP) is 3.44.